The summed E-state index contributed by atoms with van der Waals surface area (Å²) in [7, 11) is 0.417. The van der Waals surface area contributed by atoms with E-state index in [2.05, 4.69) is 37.4 Å². The summed E-state index contributed by atoms with van der Waals surface area (Å²) in [4.78, 5) is 0. The van der Waals surface area contributed by atoms with E-state index < -0.39 is 0 Å². The van der Waals surface area contributed by atoms with Crippen LogP contribution in [-0.2, 0) is 0 Å². The van der Waals surface area contributed by atoms with Gasteiger partial charge < -0.3 is 0 Å². The molecule has 0 aliphatic heterocycles. The summed E-state index contributed by atoms with van der Waals surface area (Å²) < 4.78 is 0. The van der Waals surface area contributed by atoms with Crippen molar-refractivity contribution in [3.8, 4) is 0 Å². The number of hydrogen-bond acceptors (Lipinski definition) is 0. The average molecular weight is 263 g/mol. The van der Waals surface area contributed by atoms with Crippen molar-refractivity contribution in [3.05, 3.63) is 24.3 Å². The summed E-state index contributed by atoms with van der Waals surface area (Å²) in [5.41, 5.74) is 0. The molecule has 0 saturated heterocycles. The molecule has 0 aromatic heterocycles. The molecule has 1 rings (SSSR count). The number of halogens is 2. The maximum Gasteiger partial charge on any atom is 0.0135 e. The lowest BCUT2D eigenvalue weighted by Gasteiger charge is -1.57. The molecule has 0 nitrogen and oxygen atoms in total. The maximum absolute atomic E-state index is 2.26. The van der Waals surface area contributed by atoms with Crippen molar-refractivity contribution in [2.24, 2.45) is 0 Å². The summed E-state index contributed by atoms with van der Waals surface area (Å²) in [6.07, 6.45) is 9.50. The summed E-state index contributed by atoms with van der Waals surface area (Å²) in [6.45, 7) is 4.53. The molecule has 0 fully saturated rings. The van der Waals surface area contributed by atoms with Crippen LogP contribution in [0.3, 0.4) is 0 Å². The summed E-state index contributed by atoms with van der Waals surface area (Å²) in [6, 6.07) is 0. The van der Waals surface area contributed by atoms with E-state index in [-0.39, 0.29) is 54.5 Å². The third-order valence-electron chi connectivity index (χ3n) is 0.655. The molecule has 0 saturated carbocycles. The van der Waals surface area contributed by atoms with Gasteiger partial charge in [-0.2, -0.15) is 0 Å². The highest BCUT2D eigenvalue weighted by atomic mass is 35.5. The Hall–Kier alpha value is 0.277. The first-order chi connectivity index (χ1) is 3.91. The highest BCUT2D eigenvalue weighted by molar-refractivity contribution is 6.31. The number of rotatable bonds is 0. The number of hydrogen-bond donors (Lipinski definition) is 0. The van der Waals surface area contributed by atoms with Gasteiger partial charge in [-0.25, -0.2) is 0 Å². The number of allylic oxidation sites excluding steroid dienone is 4. The van der Waals surface area contributed by atoms with Crippen molar-refractivity contribution in [2.45, 2.75) is 49.2 Å². The molecule has 0 N–H and O–H groups in total. The standard InChI is InChI=1S/C5H6.C2H8Si.4CH4.2ClH/c1-2-4-5-3-1;1-3-2;;;;;;/h1-4H,5H2;3H2,1-2H3;4*1H4;2*1H. The summed E-state index contributed by atoms with van der Waals surface area (Å²) >= 11 is 0. The molecule has 1 aliphatic rings. The Labute approximate surface area is 108 Å². The van der Waals surface area contributed by atoms with Crippen LogP contribution in [0, 0.1) is 0 Å². The van der Waals surface area contributed by atoms with Gasteiger partial charge in [0.2, 0.25) is 0 Å². The van der Waals surface area contributed by atoms with Crippen LogP contribution >= 0.6 is 24.8 Å². The molecule has 0 heterocycles. The summed E-state index contributed by atoms with van der Waals surface area (Å²) in [5, 5.41) is 0. The zero-order valence-corrected chi connectivity index (χ0v) is 9.59. The lowest BCUT2D eigenvalue weighted by atomic mass is 10.5. The molecule has 3 heteroatoms. The van der Waals surface area contributed by atoms with Gasteiger partial charge in [0.05, 0.1) is 0 Å². The topological polar surface area (TPSA) is 0 Å². The summed E-state index contributed by atoms with van der Waals surface area (Å²) in [5.74, 6) is 0. The van der Waals surface area contributed by atoms with E-state index in [1.807, 2.05) is 0 Å². The van der Waals surface area contributed by atoms with Crippen molar-refractivity contribution < 1.29 is 0 Å². The largest absolute Gasteiger partial charge is 0.147 e. The minimum Gasteiger partial charge on any atom is -0.147 e. The molecule has 0 radical (unpaired) electrons. The van der Waals surface area contributed by atoms with Crippen molar-refractivity contribution in [1.82, 2.24) is 0 Å². The first kappa shape index (κ1) is 47.5. The highest BCUT2D eigenvalue weighted by Gasteiger charge is 1.72. The Balaban J connectivity index is -0.0000000103. The van der Waals surface area contributed by atoms with Crippen molar-refractivity contribution in [1.29, 1.82) is 0 Å². The second-order valence-electron chi connectivity index (χ2n) is 1.80. The Kier molecular flexibility index (Phi) is 172. The van der Waals surface area contributed by atoms with Crippen LogP contribution in [0.25, 0.3) is 0 Å². The molecular weight excluding hydrogens is 231 g/mol. The van der Waals surface area contributed by atoms with Gasteiger partial charge in [0.15, 0.2) is 0 Å². The van der Waals surface area contributed by atoms with Crippen molar-refractivity contribution >= 4 is 34.3 Å². The van der Waals surface area contributed by atoms with Crippen LogP contribution in [-0.4, -0.2) is 9.52 Å². The van der Waals surface area contributed by atoms with Gasteiger partial charge in [-0.1, -0.05) is 67.1 Å². The molecule has 0 bridgehead atoms. The predicted octanol–water partition coefficient (Wildman–Crippen LogP) is 5.14. The Bertz CT molecular complexity index is 81.3. The zero-order valence-electron chi connectivity index (χ0n) is 6.54. The SMILES string of the molecule is C.C.C.C.C1=CCC=C1.C[SiH2]C.Cl.Cl. The van der Waals surface area contributed by atoms with E-state index in [0.717, 1.165) is 6.42 Å². The van der Waals surface area contributed by atoms with Crippen LogP contribution in [0.2, 0.25) is 13.1 Å². The first-order valence-corrected chi connectivity index (χ1v) is 6.06. The molecule has 0 aromatic carbocycles. The molecule has 0 spiro atoms. The third-order valence-corrected chi connectivity index (χ3v) is 0.655. The fourth-order valence-electron chi connectivity index (χ4n) is 0.393. The van der Waals surface area contributed by atoms with E-state index in [1.165, 1.54) is 0 Å². The normalized spacial score (nSPS) is 7.57. The van der Waals surface area contributed by atoms with Gasteiger partial charge in [0, 0.05) is 9.52 Å². The molecule has 0 atom stereocenters. The first-order valence-electron chi connectivity index (χ1n) is 3.23. The van der Waals surface area contributed by atoms with Gasteiger partial charge in [0.25, 0.3) is 0 Å². The third kappa shape index (κ3) is 56.1. The van der Waals surface area contributed by atoms with Crippen LogP contribution in [0.5, 0.6) is 0 Å². The van der Waals surface area contributed by atoms with E-state index in [4.69, 9.17) is 0 Å². The van der Waals surface area contributed by atoms with Crippen LogP contribution in [0.15, 0.2) is 24.3 Å². The van der Waals surface area contributed by atoms with E-state index in [0.29, 0.717) is 9.52 Å². The van der Waals surface area contributed by atoms with Crippen molar-refractivity contribution in [2.75, 3.05) is 0 Å². The molecular formula is C11H32Cl2Si. The monoisotopic (exact) mass is 262 g/mol. The minimum atomic E-state index is 0. The fraction of sp³-hybridized carbons (Fsp3) is 0.636. The van der Waals surface area contributed by atoms with Crippen LogP contribution in [0.1, 0.15) is 36.1 Å². The van der Waals surface area contributed by atoms with E-state index in [9.17, 15) is 0 Å². The lowest BCUT2D eigenvalue weighted by Crippen LogP contribution is -1.53. The molecule has 14 heavy (non-hydrogen) atoms. The van der Waals surface area contributed by atoms with Gasteiger partial charge in [0.1, 0.15) is 0 Å². The maximum atomic E-state index is 2.26. The lowest BCUT2D eigenvalue weighted by molar-refractivity contribution is 1.45. The predicted molar refractivity (Wildman–Crippen MR) is 84.6 cm³/mol. The second kappa shape index (κ2) is 50.8. The Morgan fingerprint density at radius 2 is 1.00 bits per heavy atom. The van der Waals surface area contributed by atoms with Crippen LogP contribution in [0.4, 0.5) is 0 Å². The molecule has 0 amide bonds. The molecule has 1 aliphatic carbocycles. The second-order valence-corrected chi connectivity index (χ2v) is 3.21. The van der Waals surface area contributed by atoms with Crippen LogP contribution < -0.4 is 0 Å². The fourth-order valence-corrected chi connectivity index (χ4v) is 0.393. The smallest absolute Gasteiger partial charge is 0.0135 e. The van der Waals surface area contributed by atoms with Gasteiger partial charge in [-0.05, 0) is 6.42 Å². The van der Waals surface area contributed by atoms with Gasteiger partial charge in [-0.15, -0.1) is 24.8 Å². The highest BCUT2D eigenvalue weighted by Crippen LogP contribution is 1.93. The average Bonchev–Trinajstić information content (AvgIpc) is 2.17. The Morgan fingerprint density at radius 3 is 1.07 bits per heavy atom. The van der Waals surface area contributed by atoms with Gasteiger partial charge in [-0.3, -0.25) is 0 Å². The molecule has 0 aromatic rings. The Morgan fingerprint density at radius 1 is 0.786 bits per heavy atom. The van der Waals surface area contributed by atoms with E-state index >= 15 is 0 Å². The quantitative estimate of drug-likeness (QED) is 0.531. The minimum absolute atomic E-state index is 0. The van der Waals surface area contributed by atoms with E-state index in [1.54, 1.807) is 0 Å². The van der Waals surface area contributed by atoms with Crippen molar-refractivity contribution in [3.63, 3.8) is 0 Å². The molecule has 94 valence electrons. The zero-order chi connectivity index (χ0) is 6.24. The van der Waals surface area contributed by atoms with Gasteiger partial charge >= 0.3 is 0 Å². The molecule has 0 unspecified atom stereocenters.